The van der Waals surface area contributed by atoms with Crippen LogP contribution in [0.2, 0.25) is 0 Å². The molecule has 0 saturated carbocycles. The largest absolute Gasteiger partial charge is 0.394 e. The van der Waals surface area contributed by atoms with Gasteiger partial charge in [0.2, 0.25) is 0 Å². The standard InChI is InChI=1S/C17H19N3O3S2/c1-10-15-16(25-19-10)20(14-7-12(22)13(8-21)23-14)17(18-15)24-9-11-5-3-2-4-6-11/h2-6,12-14,21-22H,7-9H2,1H3. The van der Waals surface area contributed by atoms with Crippen LogP contribution in [0.15, 0.2) is 35.5 Å². The van der Waals surface area contributed by atoms with Crippen molar-refractivity contribution < 1.29 is 14.9 Å². The average Bonchev–Trinajstić information content (AvgIpc) is 3.28. The zero-order valence-corrected chi connectivity index (χ0v) is 15.3. The van der Waals surface area contributed by atoms with E-state index in [2.05, 4.69) is 16.5 Å². The molecule has 2 aromatic heterocycles. The van der Waals surface area contributed by atoms with E-state index in [1.807, 2.05) is 29.7 Å². The maximum atomic E-state index is 10.1. The molecule has 0 bridgehead atoms. The SMILES string of the molecule is Cc1nsc2c1nc(SCc1ccccc1)n2C1CC(O)C(CO)O1. The van der Waals surface area contributed by atoms with Crippen molar-refractivity contribution in [3.8, 4) is 0 Å². The molecule has 3 atom stereocenters. The lowest BCUT2D eigenvalue weighted by molar-refractivity contribution is -0.0454. The molecule has 6 nitrogen and oxygen atoms in total. The molecule has 3 unspecified atom stereocenters. The number of aliphatic hydroxyl groups excluding tert-OH is 2. The Hall–Kier alpha value is -1.45. The third kappa shape index (κ3) is 3.20. The molecule has 2 N–H and O–H groups in total. The normalized spacial score (nSPS) is 23.6. The number of aliphatic hydroxyl groups is 2. The van der Waals surface area contributed by atoms with Gasteiger partial charge < -0.3 is 14.9 Å². The fraction of sp³-hybridized carbons (Fsp3) is 0.412. The highest BCUT2D eigenvalue weighted by Gasteiger charge is 2.36. The lowest BCUT2D eigenvalue weighted by Gasteiger charge is -2.16. The summed E-state index contributed by atoms with van der Waals surface area (Å²) in [5, 5.41) is 20.3. The zero-order valence-electron chi connectivity index (χ0n) is 13.7. The van der Waals surface area contributed by atoms with Gasteiger partial charge in [0.25, 0.3) is 0 Å². The Labute approximate surface area is 153 Å². The number of fused-ring (bicyclic) bond motifs is 1. The Kier molecular flexibility index (Phi) is 4.79. The van der Waals surface area contributed by atoms with Crippen molar-refractivity contribution in [2.24, 2.45) is 0 Å². The number of imidazole rings is 1. The van der Waals surface area contributed by atoms with E-state index in [0.717, 1.165) is 27.0 Å². The van der Waals surface area contributed by atoms with E-state index in [0.29, 0.717) is 6.42 Å². The Balaban J connectivity index is 1.66. The van der Waals surface area contributed by atoms with Crippen LogP contribution in [0.3, 0.4) is 0 Å². The van der Waals surface area contributed by atoms with Crippen molar-refractivity contribution >= 4 is 33.6 Å². The van der Waals surface area contributed by atoms with E-state index < -0.39 is 12.2 Å². The lowest BCUT2D eigenvalue weighted by Crippen LogP contribution is -2.24. The summed E-state index contributed by atoms with van der Waals surface area (Å²) in [6.45, 7) is 1.76. The summed E-state index contributed by atoms with van der Waals surface area (Å²) < 4.78 is 12.3. The number of aromatic nitrogens is 3. The van der Waals surface area contributed by atoms with E-state index in [9.17, 15) is 10.2 Å². The molecular formula is C17H19N3O3S2. The van der Waals surface area contributed by atoms with E-state index in [-0.39, 0.29) is 12.8 Å². The molecule has 0 amide bonds. The van der Waals surface area contributed by atoms with Crippen molar-refractivity contribution in [1.29, 1.82) is 0 Å². The monoisotopic (exact) mass is 377 g/mol. The summed E-state index contributed by atoms with van der Waals surface area (Å²) in [6.07, 6.45) is -1.13. The second kappa shape index (κ2) is 7.05. The second-order valence-corrected chi connectivity index (χ2v) is 7.77. The Bertz CT molecular complexity index is 865. The number of hydrogen-bond donors (Lipinski definition) is 2. The van der Waals surface area contributed by atoms with Gasteiger partial charge >= 0.3 is 0 Å². The zero-order chi connectivity index (χ0) is 17.4. The van der Waals surface area contributed by atoms with Crippen LogP contribution in [0.4, 0.5) is 0 Å². The first kappa shape index (κ1) is 17.0. The summed E-state index contributed by atoms with van der Waals surface area (Å²) in [7, 11) is 0. The van der Waals surface area contributed by atoms with Crippen LogP contribution >= 0.6 is 23.3 Å². The van der Waals surface area contributed by atoms with Gasteiger partial charge in [-0.05, 0) is 24.0 Å². The van der Waals surface area contributed by atoms with Gasteiger partial charge in [-0.3, -0.25) is 4.57 Å². The predicted octanol–water partition coefficient (Wildman–Crippen LogP) is 2.73. The first-order chi connectivity index (χ1) is 12.2. The van der Waals surface area contributed by atoms with Gasteiger partial charge in [0, 0.05) is 12.2 Å². The van der Waals surface area contributed by atoms with Gasteiger partial charge in [0.1, 0.15) is 22.7 Å². The van der Waals surface area contributed by atoms with Crippen molar-refractivity contribution in [3.05, 3.63) is 41.6 Å². The smallest absolute Gasteiger partial charge is 0.172 e. The maximum absolute atomic E-state index is 10.1. The van der Waals surface area contributed by atoms with Crippen LogP contribution < -0.4 is 0 Å². The van der Waals surface area contributed by atoms with Crippen LogP contribution in [0.5, 0.6) is 0 Å². The topological polar surface area (TPSA) is 80.4 Å². The molecule has 1 aliphatic rings. The fourth-order valence-corrected chi connectivity index (χ4v) is 4.92. The molecule has 8 heteroatoms. The highest BCUT2D eigenvalue weighted by Crippen LogP contribution is 2.38. The van der Waals surface area contributed by atoms with Gasteiger partial charge in [-0.15, -0.1) is 0 Å². The summed E-state index contributed by atoms with van der Waals surface area (Å²) in [4.78, 5) is 5.71. The van der Waals surface area contributed by atoms with Crippen LogP contribution in [-0.4, -0.2) is 43.0 Å². The Morgan fingerprint density at radius 3 is 2.88 bits per heavy atom. The van der Waals surface area contributed by atoms with E-state index in [4.69, 9.17) is 9.72 Å². The van der Waals surface area contributed by atoms with Gasteiger partial charge in [-0.2, -0.15) is 4.37 Å². The summed E-state index contributed by atoms with van der Waals surface area (Å²) in [5.41, 5.74) is 3.00. The van der Waals surface area contributed by atoms with Crippen LogP contribution in [0, 0.1) is 6.92 Å². The molecule has 3 aromatic rings. The fourth-order valence-electron chi connectivity index (χ4n) is 2.99. The van der Waals surface area contributed by atoms with Crippen molar-refractivity contribution in [1.82, 2.24) is 13.9 Å². The van der Waals surface area contributed by atoms with Crippen LogP contribution in [0.1, 0.15) is 23.9 Å². The second-order valence-electron chi connectivity index (χ2n) is 6.08. The number of thioether (sulfide) groups is 1. The van der Waals surface area contributed by atoms with Crippen molar-refractivity contribution in [2.45, 2.75) is 42.7 Å². The minimum absolute atomic E-state index is 0.191. The van der Waals surface area contributed by atoms with Gasteiger partial charge in [0.15, 0.2) is 5.16 Å². The highest BCUT2D eigenvalue weighted by atomic mass is 32.2. The molecular weight excluding hydrogens is 358 g/mol. The Morgan fingerprint density at radius 1 is 1.36 bits per heavy atom. The lowest BCUT2D eigenvalue weighted by atomic mass is 10.2. The Morgan fingerprint density at radius 2 is 2.16 bits per heavy atom. The van der Waals surface area contributed by atoms with E-state index in [1.54, 1.807) is 11.8 Å². The minimum atomic E-state index is -0.673. The average molecular weight is 377 g/mol. The van der Waals surface area contributed by atoms with Gasteiger partial charge in [-0.25, -0.2) is 4.98 Å². The van der Waals surface area contributed by atoms with Gasteiger partial charge in [-0.1, -0.05) is 42.1 Å². The molecule has 1 aliphatic heterocycles. The molecule has 1 saturated heterocycles. The van der Waals surface area contributed by atoms with Gasteiger partial charge in [0.05, 0.1) is 18.4 Å². The summed E-state index contributed by atoms with van der Waals surface area (Å²) in [5.74, 6) is 0.802. The van der Waals surface area contributed by atoms with Crippen molar-refractivity contribution in [3.63, 3.8) is 0 Å². The highest BCUT2D eigenvalue weighted by molar-refractivity contribution is 7.98. The first-order valence-corrected chi connectivity index (χ1v) is 9.88. The number of hydrogen-bond acceptors (Lipinski definition) is 7. The van der Waals surface area contributed by atoms with Crippen LogP contribution in [0.25, 0.3) is 10.3 Å². The minimum Gasteiger partial charge on any atom is -0.394 e. The summed E-state index contributed by atoms with van der Waals surface area (Å²) >= 11 is 3.04. The van der Waals surface area contributed by atoms with E-state index >= 15 is 0 Å². The molecule has 25 heavy (non-hydrogen) atoms. The maximum Gasteiger partial charge on any atom is 0.172 e. The molecule has 1 fully saturated rings. The predicted molar refractivity (Wildman–Crippen MR) is 97.8 cm³/mol. The molecule has 0 radical (unpaired) electrons. The number of aryl methyl sites for hydroxylation is 1. The number of rotatable bonds is 5. The summed E-state index contributed by atoms with van der Waals surface area (Å²) in [6, 6.07) is 10.2. The number of benzene rings is 1. The third-order valence-corrected chi connectivity index (χ3v) is 6.28. The van der Waals surface area contributed by atoms with Crippen molar-refractivity contribution in [2.75, 3.05) is 6.61 Å². The third-order valence-electron chi connectivity index (χ3n) is 4.33. The molecule has 132 valence electrons. The molecule has 0 spiro atoms. The van der Waals surface area contributed by atoms with E-state index in [1.165, 1.54) is 17.1 Å². The number of nitrogens with zero attached hydrogens (tertiary/aromatic N) is 3. The molecule has 1 aromatic carbocycles. The van der Waals surface area contributed by atoms with Crippen LogP contribution in [-0.2, 0) is 10.5 Å². The molecule has 0 aliphatic carbocycles. The molecule has 4 rings (SSSR count). The molecule has 3 heterocycles. The number of ether oxygens (including phenoxy) is 1. The first-order valence-electron chi connectivity index (χ1n) is 8.12. The quantitative estimate of drug-likeness (QED) is 0.666.